The van der Waals surface area contributed by atoms with Gasteiger partial charge in [0, 0.05) is 25.2 Å². The Bertz CT molecular complexity index is 417. The van der Waals surface area contributed by atoms with Crippen molar-refractivity contribution in [3.05, 3.63) is 29.8 Å². The van der Waals surface area contributed by atoms with Crippen molar-refractivity contribution in [3.8, 4) is 0 Å². The third-order valence-corrected chi connectivity index (χ3v) is 3.89. The van der Waals surface area contributed by atoms with Gasteiger partial charge in [0.15, 0.2) is 0 Å². The summed E-state index contributed by atoms with van der Waals surface area (Å²) in [5, 5.41) is 0. The molecule has 21 heavy (non-hydrogen) atoms. The first-order valence-corrected chi connectivity index (χ1v) is 8.30. The van der Waals surface area contributed by atoms with Gasteiger partial charge in [-0.2, -0.15) is 0 Å². The second-order valence-corrected chi connectivity index (χ2v) is 5.62. The Morgan fingerprint density at radius 1 is 1.05 bits per heavy atom. The molecule has 0 spiro atoms. The molecule has 0 saturated heterocycles. The van der Waals surface area contributed by atoms with E-state index in [-0.39, 0.29) is 5.91 Å². The minimum Gasteiger partial charge on any atom is -0.398 e. The molecule has 1 amide bonds. The summed E-state index contributed by atoms with van der Waals surface area (Å²) in [7, 11) is 0. The van der Waals surface area contributed by atoms with Crippen molar-refractivity contribution >= 4 is 11.6 Å². The van der Waals surface area contributed by atoms with Gasteiger partial charge in [0.25, 0.3) is 0 Å². The Balaban J connectivity index is 2.34. The van der Waals surface area contributed by atoms with E-state index in [1.165, 1.54) is 25.7 Å². The minimum atomic E-state index is 0.247. The monoisotopic (exact) mass is 290 g/mol. The molecule has 0 unspecified atom stereocenters. The van der Waals surface area contributed by atoms with E-state index in [2.05, 4.69) is 6.92 Å². The summed E-state index contributed by atoms with van der Waals surface area (Å²) in [5.41, 5.74) is 7.76. The molecular formula is C18H30N2O. The van der Waals surface area contributed by atoms with Crippen LogP contribution in [-0.2, 0) is 11.3 Å². The van der Waals surface area contributed by atoms with E-state index in [1.54, 1.807) is 0 Å². The number of rotatable bonds is 10. The van der Waals surface area contributed by atoms with Crippen molar-refractivity contribution in [1.29, 1.82) is 0 Å². The van der Waals surface area contributed by atoms with E-state index in [0.29, 0.717) is 13.0 Å². The number of nitrogens with two attached hydrogens (primary N) is 1. The van der Waals surface area contributed by atoms with Crippen LogP contribution in [0.4, 0.5) is 5.69 Å². The Hall–Kier alpha value is -1.51. The standard InChI is InChI=1S/C18H30N2O/c1-3-5-6-7-8-9-14-18(21)20(4-2)15-16-12-10-11-13-17(16)19/h10-13H,3-9,14-15,19H2,1-2H3. The van der Waals surface area contributed by atoms with Crippen molar-refractivity contribution in [2.24, 2.45) is 0 Å². The van der Waals surface area contributed by atoms with Gasteiger partial charge in [-0.15, -0.1) is 0 Å². The number of unbranched alkanes of at least 4 members (excludes halogenated alkanes) is 5. The molecule has 0 saturated carbocycles. The van der Waals surface area contributed by atoms with Gasteiger partial charge in [0.2, 0.25) is 5.91 Å². The molecule has 0 atom stereocenters. The van der Waals surface area contributed by atoms with Gasteiger partial charge in [-0.25, -0.2) is 0 Å². The van der Waals surface area contributed by atoms with Gasteiger partial charge < -0.3 is 10.6 Å². The van der Waals surface area contributed by atoms with E-state index < -0.39 is 0 Å². The average Bonchev–Trinajstić information content (AvgIpc) is 2.49. The molecule has 0 radical (unpaired) electrons. The van der Waals surface area contributed by atoms with Crippen LogP contribution < -0.4 is 5.73 Å². The number of carbonyl (C=O) groups is 1. The van der Waals surface area contributed by atoms with Crippen molar-refractivity contribution in [3.63, 3.8) is 0 Å². The Labute approximate surface area is 129 Å². The van der Waals surface area contributed by atoms with E-state index in [4.69, 9.17) is 5.73 Å². The minimum absolute atomic E-state index is 0.247. The maximum Gasteiger partial charge on any atom is 0.222 e. The highest BCUT2D eigenvalue weighted by molar-refractivity contribution is 5.76. The number of nitrogen functional groups attached to an aromatic ring is 1. The largest absolute Gasteiger partial charge is 0.398 e. The zero-order valence-corrected chi connectivity index (χ0v) is 13.6. The number of nitrogens with zero attached hydrogens (tertiary/aromatic N) is 1. The maximum absolute atomic E-state index is 12.3. The second kappa shape index (κ2) is 10.3. The summed E-state index contributed by atoms with van der Waals surface area (Å²) in [6.07, 6.45) is 7.94. The summed E-state index contributed by atoms with van der Waals surface area (Å²) in [6.45, 7) is 5.61. The molecule has 0 aromatic heterocycles. The molecule has 1 aromatic carbocycles. The lowest BCUT2D eigenvalue weighted by Gasteiger charge is -2.22. The third-order valence-electron chi connectivity index (χ3n) is 3.89. The zero-order valence-electron chi connectivity index (χ0n) is 13.6. The summed E-state index contributed by atoms with van der Waals surface area (Å²) >= 11 is 0. The summed E-state index contributed by atoms with van der Waals surface area (Å²) < 4.78 is 0. The fourth-order valence-corrected chi connectivity index (χ4v) is 2.47. The van der Waals surface area contributed by atoms with E-state index >= 15 is 0 Å². The SMILES string of the molecule is CCCCCCCCC(=O)N(CC)Cc1ccccc1N. The first-order chi connectivity index (χ1) is 10.2. The van der Waals surface area contributed by atoms with Crippen LogP contribution in [0.15, 0.2) is 24.3 Å². The van der Waals surface area contributed by atoms with E-state index in [0.717, 1.165) is 30.6 Å². The number of para-hydroxylation sites is 1. The lowest BCUT2D eigenvalue weighted by molar-refractivity contribution is -0.131. The average molecular weight is 290 g/mol. The van der Waals surface area contributed by atoms with Gasteiger partial charge in [-0.1, -0.05) is 57.2 Å². The molecular weight excluding hydrogens is 260 g/mol. The first kappa shape index (κ1) is 17.5. The highest BCUT2D eigenvalue weighted by Crippen LogP contribution is 2.15. The van der Waals surface area contributed by atoms with Crippen LogP contribution in [0.2, 0.25) is 0 Å². The van der Waals surface area contributed by atoms with Gasteiger partial charge in [0.05, 0.1) is 0 Å². The Kier molecular flexibility index (Phi) is 8.56. The van der Waals surface area contributed by atoms with Gasteiger partial charge in [-0.3, -0.25) is 4.79 Å². The smallest absolute Gasteiger partial charge is 0.222 e. The fraction of sp³-hybridized carbons (Fsp3) is 0.611. The van der Waals surface area contributed by atoms with E-state index in [9.17, 15) is 4.79 Å². The number of carbonyl (C=O) groups excluding carboxylic acids is 1. The molecule has 118 valence electrons. The summed E-state index contributed by atoms with van der Waals surface area (Å²) in [4.78, 5) is 14.2. The Morgan fingerprint density at radius 3 is 2.38 bits per heavy atom. The quantitative estimate of drug-likeness (QED) is 0.514. The first-order valence-electron chi connectivity index (χ1n) is 8.30. The molecule has 0 heterocycles. The topological polar surface area (TPSA) is 46.3 Å². The molecule has 0 bridgehead atoms. The number of hydrogen-bond acceptors (Lipinski definition) is 2. The highest BCUT2D eigenvalue weighted by Gasteiger charge is 2.12. The number of anilines is 1. The molecule has 3 nitrogen and oxygen atoms in total. The normalized spacial score (nSPS) is 10.6. The highest BCUT2D eigenvalue weighted by atomic mass is 16.2. The van der Waals surface area contributed by atoms with Crippen LogP contribution in [0, 0.1) is 0 Å². The molecule has 3 heteroatoms. The van der Waals surface area contributed by atoms with Crippen LogP contribution in [0.3, 0.4) is 0 Å². The maximum atomic E-state index is 12.3. The lowest BCUT2D eigenvalue weighted by Crippen LogP contribution is -2.30. The summed E-state index contributed by atoms with van der Waals surface area (Å²) in [5.74, 6) is 0.247. The summed E-state index contributed by atoms with van der Waals surface area (Å²) in [6, 6.07) is 7.78. The molecule has 0 aliphatic carbocycles. The van der Waals surface area contributed by atoms with Crippen LogP contribution in [0.5, 0.6) is 0 Å². The van der Waals surface area contributed by atoms with Crippen molar-refractivity contribution in [1.82, 2.24) is 4.90 Å². The zero-order chi connectivity index (χ0) is 15.5. The van der Waals surface area contributed by atoms with Gasteiger partial charge in [0.1, 0.15) is 0 Å². The Morgan fingerprint density at radius 2 is 1.71 bits per heavy atom. The van der Waals surface area contributed by atoms with Gasteiger partial charge >= 0.3 is 0 Å². The molecule has 2 N–H and O–H groups in total. The van der Waals surface area contributed by atoms with Crippen molar-refractivity contribution in [2.75, 3.05) is 12.3 Å². The van der Waals surface area contributed by atoms with Crippen molar-refractivity contribution in [2.45, 2.75) is 65.3 Å². The number of benzene rings is 1. The second-order valence-electron chi connectivity index (χ2n) is 5.62. The van der Waals surface area contributed by atoms with Crippen LogP contribution >= 0.6 is 0 Å². The molecule has 0 aliphatic heterocycles. The van der Waals surface area contributed by atoms with Crippen LogP contribution in [-0.4, -0.2) is 17.4 Å². The molecule has 1 rings (SSSR count). The van der Waals surface area contributed by atoms with Gasteiger partial charge in [-0.05, 0) is 25.0 Å². The predicted octanol–water partition coefficient (Wildman–Crippen LogP) is 4.37. The predicted molar refractivity (Wildman–Crippen MR) is 89.9 cm³/mol. The number of amides is 1. The van der Waals surface area contributed by atoms with Crippen molar-refractivity contribution < 1.29 is 4.79 Å². The molecule has 0 fully saturated rings. The molecule has 1 aromatic rings. The third kappa shape index (κ3) is 6.65. The number of hydrogen-bond donors (Lipinski definition) is 1. The lowest BCUT2D eigenvalue weighted by atomic mass is 10.1. The molecule has 0 aliphatic rings. The van der Waals surface area contributed by atoms with Crippen LogP contribution in [0.1, 0.15) is 64.4 Å². The van der Waals surface area contributed by atoms with E-state index in [1.807, 2.05) is 36.1 Å². The van der Waals surface area contributed by atoms with Crippen LogP contribution in [0.25, 0.3) is 0 Å². The fourth-order valence-electron chi connectivity index (χ4n) is 2.47.